The van der Waals surface area contributed by atoms with Gasteiger partial charge < -0.3 is 9.63 Å². The lowest BCUT2D eigenvalue weighted by atomic mass is 9.87. The maximum atomic E-state index is 10.1. The van der Waals surface area contributed by atoms with Crippen LogP contribution in [0.5, 0.6) is 0 Å². The minimum absolute atomic E-state index is 0.231. The van der Waals surface area contributed by atoms with Crippen LogP contribution in [0.2, 0.25) is 0 Å². The van der Waals surface area contributed by atoms with Crippen molar-refractivity contribution in [2.45, 2.75) is 33.3 Å². The third-order valence-electron chi connectivity index (χ3n) is 2.86. The summed E-state index contributed by atoms with van der Waals surface area (Å²) in [5.74, 6) is 0.805. The molecular formula is C13H15Br2N3O2. The van der Waals surface area contributed by atoms with Crippen LogP contribution in [0.4, 0.5) is 0 Å². The molecule has 0 aliphatic heterocycles. The van der Waals surface area contributed by atoms with Crippen molar-refractivity contribution in [2.75, 3.05) is 0 Å². The van der Waals surface area contributed by atoms with Crippen molar-refractivity contribution in [1.29, 1.82) is 0 Å². The molecule has 1 atom stereocenters. The number of rotatable bonds is 3. The molecule has 7 heteroatoms. The predicted molar refractivity (Wildman–Crippen MR) is 82.1 cm³/mol. The first-order chi connectivity index (χ1) is 9.27. The van der Waals surface area contributed by atoms with E-state index in [4.69, 9.17) is 4.52 Å². The van der Waals surface area contributed by atoms with Crippen molar-refractivity contribution in [1.82, 2.24) is 15.1 Å². The molecule has 0 fully saturated rings. The molecule has 1 N–H and O–H groups in total. The van der Waals surface area contributed by atoms with Gasteiger partial charge in [0.25, 0.3) is 0 Å². The number of nitrogens with zero attached hydrogens (tertiary/aromatic N) is 3. The third-order valence-corrected chi connectivity index (χ3v) is 3.89. The summed E-state index contributed by atoms with van der Waals surface area (Å²) in [6, 6.07) is 1.86. The van der Waals surface area contributed by atoms with Gasteiger partial charge in [-0.15, -0.1) is 0 Å². The highest BCUT2D eigenvalue weighted by molar-refractivity contribution is 9.11. The van der Waals surface area contributed by atoms with Crippen LogP contribution in [0.25, 0.3) is 11.5 Å². The molecule has 1 unspecified atom stereocenters. The van der Waals surface area contributed by atoms with Crippen molar-refractivity contribution < 1.29 is 9.63 Å². The van der Waals surface area contributed by atoms with Crippen LogP contribution in [0.1, 0.15) is 26.7 Å². The summed E-state index contributed by atoms with van der Waals surface area (Å²) in [4.78, 5) is 8.53. The predicted octanol–water partition coefficient (Wildman–Crippen LogP) is 3.61. The molecule has 0 aliphatic rings. The van der Waals surface area contributed by atoms with E-state index in [0.29, 0.717) is 23.8 Å². The van der Waals surface area contributed by atoms with Crippen molar-refractivity contribution in [3.05, 3.63) is 27.1 Å². The van der Waals surface area contributed by atoms with E-state index in [1.54, 1.807) is 6.20 Å². The van der Waals surface area contributed by atoms with Gasteiger partial charge in [-0.3, -0.25) is 4.98 Å². The number of hydrogen-bond acceptors (Lipinski definition) is 5. The van der Waals surface area contributed by atoms with E-state index in [2.05, 4.69) is 47.0 Å². The largest absolute Gasteiger partial charge is 0.392 e. The Morgan fingerprint density at radius 3 is 2.65 bits per heavy atom. The number of pyridine rings is 1. The Kier molecular flexibility index (Phi) is 4.61. The molecule has 0 aliphatic carbocycles. The molecule has 0 spiro atoms. The molecule has 0 saturated carbocycles. The summed E-state index contributed by atoms with van der Waals surface area (Å²) < 4.78 is 6.81. The topological polar surface area (TPSA) is 72.0 Å². The second-order valence-electron chi connectivity index (χ2n) is 5.58. The van der Waals surface area contributed by atoms with E-state index in [1.165, 1.54) is 0 Å². The van der Waals surface area contributed by atoms with E-state index < -0.39 is 6.10 Å². The van der Waals surface area contributed by atoms with Crippen LogP contribution in [-0.2, 0) is 6.42 Å². The van der Waals surface area contributed by atoms with Crippen molar-refractivity contribution in [3.8, 4) is 11.5 Å². The lowest BCUT2D eigenvalue weighted by Crippen LogP contribution is -2.28. The molecule has 2 aromatic heterocycles. The first kappa shape index (κ1) is 15.6. The van der Waals surface area contributed by atoms with Crippen LogP contribution in [0, 0.1) is 5.41 Å². The van der Waals surface area contributed by atoms with Crippen molar-refractivity contribution in [3.63, 3.8) is 0 Å². The molecule has 2 aromatic rings. The van der Waals surface area contributed by atoms with Crippen LogP contribution in [0.3, 0.4) is 0 Å². The Morgan fingerprint density at radius 1 is 1.35 bits per heavy atom. The van der Waals surface area contributed by atoms with E-state index in [-0.39, 0.29) is 5.41 Å². The van der Waals surface area contributed by atoms with E-state index in [1.807, 2.05) is 26.8 Å². The fourth-order valence-electron chi connectivity index (χ4n) is 1.48. The summed E-state index contributed by atoms with van der Waals surface area (Å²) in [6.45, 7) is 5.88. The number of aromatic nitrogens is 3. The van der Waals surface area contributed by atoms with Gasteiger partial charge in [-0.05, 0) is 43.3 Å². The van der Waals surface area contributed by atoms with Gasteiger partial charge >= 0.3 is 0 Å². The van der Waals surface area contributed by atoms with E-state index >= 15 is 0 Å². The number of halogens is 2. The fourth-order valence-corrected chi connectivity index (χ4v) is 2.65. The Morgan fingerprint density at radius 2 is 2.05 bits per heavy atom. The molecule has 5 nitrogen and oxygen atoms in total. The first-order valence-electron chi connectivity index (χ1n) is 6.09. The highest BCUT2D eigenvalue weighted by Gasteiger charge is 2.25. The van der Waals surface area contributed by atoms with Gasteiger partial charge in [0, 0.05) is 15.1 Å². The summed E-state index contributed by atoms with van der Waals surface area (Å²) in [6.07, 6.45) is 1.45. The summed E-state index contributed by atoms with van der Waals surface area (Å²) in [5, 5.41) is 14.0. The first-order valence-corrected chi connectivity index (χ1v) is 7.68. The molecule has 20 heavy (non-hydrogen) atoms. The van der Waals surface area contributed by atoms with E-state index in [0.717, 1.165) is 8.95 Å². The molecule has 0 aromatic carbocycles. The third kappa shape index (κ3) is 3.65. The van der Waals surface area contributed by atoms with Crippen LogP contribution < -0.4 is 0 Å². The van der Waals surface area contributed by atoms with Crippen molar-refractivity contribution >= 4 is 31.9 Å². The minimum Gasteiger partial charge on any atom is -0.392 e. The van der Waals surface area contributed by atoms with Gasteiger partial charge in [0.1, 0.15) is 5.69 Å². The maximum absolute atomic E-state index is 10.1. The number of aliphatic hydroxyl groups is 1. The lowest BCUT2D eigenvalue weighted by molar-refractivity contribution is 0.0565. The standard InChI is InChI=1S/C13H15Br2N3O2/c1-13(2,3)9(19)5-10-17-12(18-20-10)11-8(15)4-7(14)6-16-11/h4,6,9,19H,5H2,1-3H3. The molecule has 2 rings (SSSR count). The number of hydrogen-bond donors (Lipinski definition) is 1. The fraction of sp³-hybridized carbons (Fsp3) is 0.462. The monoisotopic (exact) mass is 403 g/mol. The molecular weight excluding hydrogens is 390 g/mol. The van der Waals surface area contributed by atoms with Gasteiger partial charge in [-0.25, -0.2) is 0 Å². The van der Waals surface area contributed by atoms with E-state index in [9.17, 15) is 5.11 Å². The Bertz CT molecular complexity index is 608. The van der Waals surface area contributed by atoms with Gasteiger partial charge in [-0.1, -0.05) is 25.9 Å². The zero-order valence-electron chi connectivity index (χ0n) is 11.4. The molecule has 0 saturated heterocycles. The Balaban J connectivity index is 2.21. The van der Waals surface area contributed by atoms with Gasteiger partial charge in [0.05, 0.1) is 12.5 Å². The van der Waals surface area contributed by atoms with Gasteiger partial charge in [0.15, 0.2) is 0 Å². The zero-order chi connectivity index (χ0) is 14.9. The SMILES string of the molecule is CC(C)(C)C(O)Cc1nc(-c2ncc(Br)cc2Br)no1. The molecule has 108 valence electrons. The molecule has 0 bridgehead atoms. The van der Waals surface area contributed by atoms with Crippen molar-refractivity contribution in [2.24, 2.45) is 5.41 Å². The summed E-state index contributed by atoms with van der Waals surface area (Å²) in [5.41, 5.74) is 0.374. The molecule has 2 heterocycles. The lowest BCUT2D eigenvalue weighted by Gasteiger charge is -2.24. The second-order valence-corrected chi connectivity index (χ2v) is 7.35. The second kappa shape index (κ2) is 5.91. The highest BCUT2D eigenvalue weighted by Crippen LogP contribution is 2.27. The summed E-state index contributed by atoms with van der Waals surface area (Å²) >= 11 is 6.75. The van der Waals surface area contributed by atoms with Crippen LogP contribution in [-0.4, -0.2) is 26.3 Å². The van der Waals surface area contributed by atoms with Crippen LogP contribution >= 0.6 is 31.9 Å². The highest BCUT2D eigenvalue weighted by atomic mass is 79.9. The van der Waals surface area contributed by atoms with Gasteiger partial charge in [0.2, 0.25) is 11.7 Å². The molecule has 0 amide bonds. The Hall–Kier alpha value is -0.790. The number of aliphatic hydroxyl groups excluding tert-OH is 1. The average Bonchev–Trinajstić information content (AvgIpc) is 2.76. The van der Waals surface area contributed by atoms with Gasteiger partial charge in [-0.2, -0.15) is 4.98 Å². The Labute approximate surface area is 134 Å². The summed E-state index contributed by atoms with van der Waals surface area (Å²) in [7, 11) is 0. The maximum Gasteiger partial charge on any atom is 0.229 e. The van der Waals surface area contributed by atoms with Crippen LogP contribution in [0.15, 0.2) is 25.7 Å². The molecule has 0 radical (unpaired) electrons. The quantitative estimate of drug-likeness (QED) is 0.845. The zero-order valence-corrected chi connectivity index (χ0v) is 14.6. The smallest absolute Gasteiger partial charge is 0.229 e. The normalized spacial score (nSPS) is 13.5. The minimum atomic E-state index is -0.544. The average molecular weight is 405 g/mol.